The highest BCUT2D eigenvalue weighted by Gasteiger charge is 2.33. The number of methoxy groups -OCH3 is 1. The van der Waals surface area contributed by atoms with Gasteiger partial charge in [-0.1, -0.05) is 74.5 Å². The van der Waals surface area contributed by atoms with Crippen LogP contribution in [0.5, 0.6) is 0 Å². The van der Waals surface area contributed by atoms with Crippen LogP contribution in [0.4, 0.5) is 0 Å². The monoisotopic (exact) mass is 342 g/mol. The molecule has 2 aromatic rings. The van der Waals surface area contributed by atoms with E-state index in [-0.39, 0.29) is 5.78 Å². The van der Waals surface area contributed by atoms with E-state index in [1.54, 1.807) is 7.11 Å². The maximum Gasteiger partial charge on any atom is 0.133 e. The summed E-state index contributed by atoms with van der Waals surface area (Å²) in [6.07, 6.45) is 2.14. The Hall–Kier alpha value is -1.97. The minimum absolute atomic E-state index is 0.269. The van der Waals surface area contributed by atoms with E-state index >= 15 is 0 Å². The van der Waals surface area contributed by atoms with Crippen LogP contribution in [0, 0.1) is 0 Å². The zero-order valence-electron chi connectivity index (χ0n) is 15.6. The zero-order valence-corrected chi connectivity index (χ0v) is 15.6. The summed E-state index contributed by atoms with van der Waals surface area (Å²) in [7, 11) is 1.70. The van der Waals surface area contributed by atoms with Gasteiger partial charge < -0.3 is 9.84 Å². The topological polar surface area (TPSA) is 46.5 Å². The molecule has 0 aromatic heterocycles. The van der Waals surface area contributed by atoms with E-state index in [0.29, 0.717) is 32.3 Å². The van der Waals surface area contributed by atoms with E-state index < -0.39 is 5.60 Å². The fourth-order valence-corrected chi connectivity index (χ4v) is 2.72. The van der Waals surface area contributed by atoms with Crippen LogP contribution in [0.3, 0.4) is 0 Å². The molecule has 0 aliphatic heterocycles. The highest BCUT2D eigenvalue weighted by atomic mass is 16.5. The third-order valence-corrected chi connectivity index (χ3v) is 4.10. The van der Waals surface area contributed by atoms with Gasteiger partial charge in [0.25, 0.3) is 0 Å². The molecule has 0 saturated heterocycles. The Labute approximate surface area is 151 Å². The van der Waals surface area contributed by atoms with Crippen molar-refractivity contribution < 1.29 is 14.6 Å². The zero-order chi connectivity index (χ0) is 18.5. The second-order valence-electron chi connectivity index (χ2n) is 5.85. The van der Waals surface area contributed by atoms with Crippen molar-refractivity contribution in [2.24, 2.45) is 0 Å². The van der Waals surface area contributed by atoms with E-state index in [0.717, 1.165) is 5.56 Å². The molecule has 1 fully saturated rings. The fraction of sp³-hybridized carbons (Fsp3) is 0.409. The quantitative estimate of drug-likeness (QED) is 0.865. The molecular formula is C22H30O3. The van der Waals surface area contributed by atoms with Crippen LogP contribution in [-0.4, -0.2) is 18.0 Å². The average molecular weight is 342 g/mol. The first-order chi connectivity index (χ1) is 12.1. The number of rotatable bonds is 3. The number of hydrogen-bond acceptors (Lipinski definition) is 3. The first-order valence-electron chi connectivity index (χ1n) is 8.96. The molecule has 1 aliphatic carbocycles. The molecule has 0 unspecified atom stereocenters. The van der Waals surface area contributed by atoms with E-state index in [2.05, 4.69) is 0 Å². The van der Waals surface area contributed by atoms with Gasteiger partial charge in [-0.3, -0.25) is 4.79 Å². The molecule has 0 heterocycles. The van der Waals surface area contributed by atoms with Crippen LogP contribution in [0.15, 0.2) is 60.7 Å². The smallest absolute Gasteiger partial charge is 0.133 e. The Balaban J connectivity index is 0.000000246. The van der Waals surface area contributed by atoms with Crippen LogP contribution < -0.4 is 0 Å². The fourth-order valence-electron chi connectivity index (χ4n) is 2.72. The third-order valence-electron chi connectivity index (χ3n) is 4.10. The van der Waals surface area contributed by atoms with Crippen molar-refractivity contribution in [3.8, 4) is 0 Å². The van der Waals surface area contributed by atoms with Crippen LogP contribution in [0.2, 0.25) is 0 Å². The maximum absolute atomic E-state index is 11.1. The highest BCUT2D eigenvalue weighted by Crippen LogP contribution is 2.35. The van der Waals surface area contributed by atoms with E-state index in [9.17, 15) is 9.90 Å². The lowest BCUT2D eigenvalue weighted by Crippen LogP contribution is -2.31. The Morgan fingerprint density at radius 3 is 1.88 bits per heavy atom. The van der Waals surface area contributed by atoms with Gasteiger partial charge >= 0.3 is 0 Å². The summed E-state index contributed by atoms with van der Waals surface area (Å²) in [6, 6.07) is 19.7. The molecule has 3 heteroatoms. The first-order valence-corrected chi connectivity index (χ1v) is 8.96. The minimum atomic E-state index is -0.769. The number of carbonyl (C=O) groups is 1. The van der Waals surface area contributed by atoms with Crippen molar-refractivity contribution in [2.45, 2.75) is 51.7 Å². The van der Waals surface area contributed by atoms with Gasteiger partial charge in [-0.2, -0.15) is 0 Å². The van der Waals surface area contributed by atoms with Gasteiger partial charge in [0.05, 0.1) is 12.2 Å². The number of hydrogen-bond donors (Lipinski definition) is 1. The molecule has 3 rings (SSSR count). The highest BCUT2D eigenvalue weighted by molar-refractivity contribution is 5.79. The number of ketones is 1. The van der Waals surface area contributed by atoms with Gasteiger partial charge in [-0.15, -0.1) is 0 Å². The Morgan fingerprint density at radius 1 is 0.920 bits per heavy atom. The van der Waals surface area contributed by atoms with Gasteiger partial charge in [-0.05, 0) is 24.0 Å². The molecule has 1 N–H and O–H groups in total. The summed E-state index contributed by atoms with van der Waals surface area (Å²) in [5, 5.41) is 10.3. The molecule has 136 valence electrons. The Morgan fingerprint density at radius 2 is 1.40 bits per heavy atom. The molecule has 2 aromatic carbocycles. The van der Waals surface area contributed by atoms with Crippen LogP contribution >= 0.6 is 0 Å². The molecule has 1 aliphatic rings. The Bertz CT molecular complexity index is 583. The summed E-state index contributed by atoms with van der Waals surface area (Å²) in [6.45, 7) is 4.71. The predicted octanol–water partition coefficient (Wildman–Crippen LogP) is 4.88. The van der Waals surface area contributed by atoms with Gasteiger partial charge in [0.1, 0.15) is 5.78 Å². The Kier molecular flexibility index (Phi) is 9.75. The van der Waals surface area contributed by atoms with E-state index in [4.69, 9.17) is 4.74 Å². The summed E-state index contributed by atoms with van der Waals surface area (Å²) >= 11 is 0. The van der Waals surface area contributed by atoms with Crippen molar-refractivity contribution in [2.75, 3.05) is 7.11 Å². The summed E-state index contributed by atoms with van der Waals surface area (Å²) in [4.78, 5) is 11.1. The van der Waals surface area contributed by atoms with Crippen molar-refractivity contribution in [1.29, 1.82) is 0 Å². The van der Waals surface area contributed by atoms with Gasteiger partial charge in [0.2, 0.25) is 0 Å². The van der Waals surface area contributed by atoms with E-state index in [1.165, 1.54) is 5.56 Å². The molecule has 0 bridgehead atoms. The maximum atomic E-state index is 11.1. The van der Waals surface area contributed by atoms with Crippen LogP contribution in [0.1, 0.15) is 50.7 Å². The van der Waals surface area contributed by atoms with Crippen LogP contribution in [0.25, 0.3) is 0 Å². The predicted molar refractivity (Wildman–Crippen MR) is 102 cm³/mol. The molecular weight excluding hydrogens is 312 g/mol. The number of Topliss-reactive ketones (excluding diaryl/α,β-unsaturated/α-hetero) is 1. The molecule has 3 nitrogen and oxygen atoms in total. The second-order valence-corrected chi connectivity index (χ2v) is 5.85. The van der Waals surface area contributed by atoms with Crippen molar-refractivity contribution >= 4 is 5.78 Å². The first kappa shape index (κ1) is 21.1. The lowest BCUT2D eigenvalue weighted by atomic mass is 9.79. The molecule has 1 saturated carbocycles. The van der Waals surface area contributed by atoms with Gasteiger partial charge in [-0.25, -0.2) is 0 Å². The molecule has 25 heavy (non-hydrogen) atoms. The number of carbonyl (C=O) groups excluding carboxylic acids is 1. The van der Waals surface area contributed by atoms with Crippen molar-refractivity contribution in [1.82, 2.24) is 0 Å². The SMILES string of the molecule is CC.COCc1ccccc1.O=C1CCC(O)(c2ccccc2)CC1. The lowest BCUT2D eigenvalue weighted by molar-refractivity contribution is -0.125. The molecule has 0 amide bonds. The van der Waals surface area contributed by atoms with Crippen LogP contribution in [-0.2, 0) is 21.7 Å². The second kappa shape index (κ2) is 11.6. The van der Waals surface area contributed by atoms with Crippen molar-refractivity contribution in [3.63, 3.8) is 0 Å². The standard InChI is InChI=1S/C12H14O2.C8H10O.C2H6/c13-11-6-8-12(14,9-7-11)10-4-2-1-3-5-10;1-9-7-8-5-3-2-4-6-8;1-2/h1-5,14H,6-9H2;2-6H,7H2,1H3;1-2H3. The van der Waals surface area contributed by atoms with Gasteiger partial charge in [0.15, 0.2) is 0 Å². The van der Waals surface area contributed by atoms with E-state index in [1.807, 2.05) is 74.5 Å². The largest absolute Gasteiger partial charge is 0.385 e. The molecule has 0 radical (unpaired) electrons. The van der Waals surface area contributed by atoms with Crippen molar-refractivity contribution in [3.05, 3.63) is 71.8 Å². The number of ether oxygens (including phenoxy) is 1. The molecule has 0 spiro atoms. The number of benzene rings is 2. The lowest BCUT2D eigenvalue weighted by Gasteiger charge is -2.31. The average Bonchev–Trinajstić information content (AvgIpc) is 2.68. The summed E-state index contributed by atoms with van der Waals surface area (Å²) in [5.74, 6) is 0.269. The normalized spacial score (nSPS) is 15.3. The summed E-state index contributed by atoms with van der Waals surface area (Å²) in [5.41, 5.74) is 1.39. The minimum Gasteiger partial charge on any atom is -0.385 e. The third kappa shape index (κ3) is 7.20. The number of aliphatic hydroxyl groups is 1. The molecule has 0 atom stereocenters. The summed E-state index contributed by atoms with van der Waals surface area (Å²) < 4.78 is 4.93. The van der Waals surface area contributed by atoms with Gasteiger partial charge in [0, 0.05) is 20.0 Å².